The van der Waals surface area contributed by atoms with E-state index in [0.29, 0.717) is 6.42 Å². The van der Waals surface area contributed by atoms with Crippen molar-refractivity contribution in [3.8, 4) is 6.07 Å². The van der Waals surface area contributed by atoms with Crippen LogP contribution in [0, 0.1) is 11.3 Å². The fraction of sp³-hybridized carbons (Fsp3) is 0.150. The number of nitrogens with zero attached hydrogens (tertiary/aromatic N) is 1. The molecule has 6 heteroatoms. The number of hydrogen-bond acceptors (Lipinski definition) is 4. The van der Waals surface area contributed by atoms with Gasteiger partial charge in [0.25, 0.3) is 0 Å². The molecule has 6 nitrogen and oxygen atoms in total. The van der Waals surface area contributed by atoms with E-state index in [1.165, 1.54) is 24.8 Å². The first kappa shape index (κ1) is 27.4. The predicted octanol–water partition coefficient (Wildman–Crippen LogP) is 1.94. The van der Waals surface area contributed by atoms with Crippen molar-refractivity contribution in [3.63, 3.8) is 0 Å². The molecule has 0 spiro atoms. The standard InChI is InChI=1S/C8H8.C5H8O2.C4H6O2.C3H4N2/c1-2-8-6-4-3-5-7-8;1-3-4(2)5(6)7;1-3(2)4(5)6;4-2-1-3-5/h2-7H,1H2;2-3H2,1H3,(H,6,7);1H2,2H3,(H,5,6);1-2H,4H2/b;;;2-1+. The summed E-state index contributed by atoms with van der Waals surface area (Å²) in [7, 11) is 0. The van der Waals surface area contributed by atoms with E-state index in [0.717, 1.165) is 0 Å². The highest BCUT2D eigenvalue weighted by Crippen LogP contribution is 1.97. The number of aliphatic carboxylic acids is 2. The first-order chi connectivity index (χ1) is 12.2. The molecule has 0 saturated carbocycles. The van der Waals surface area contributed by atoms with E-state index in [1.54, 1.807) is 13.0 Å². The molecule has 4 N–H and O–H groups in total. The van der Waals surface area contributed by atoms with E-state index in [-0.39, 0.29) is 11.1 Å². The van der Waals surface area contributed by atoms with Gasteiger partial charge in [-0.25, -0.2) is 4.79 Å². The number of carboxylic acids is 2. The second-order valence-electron chi connectivity index (χ2n) is 4.48. The van der Waals surface area contributed by atoms with Crippen molar-refractivity contribution in [2.45, 2.75) is 20.3 Å². The van der Waals surface area contributed by atoms with Crippen LogP contribution in [0.15, 0.2) is 73.5 Å². The number of carbonyl (C=O) groups is 2. The quantitative estimate of drug-likeness (QED) is 0.628. The van der Waals surface area contributed by atoms with Gasteiger partial charge in [0.1, 0.15) is 6.20 Å². The Morgan fingerprint density at radius 3 is 1.88 bits per heavy atom. The number of carboxylic acid groups (broad SMARTS) is 2. The summed E-state index contributed by atoms with van der Waals surface area (Å²) in [6.45, 7) is 13.2. The van der Waals surface area contributed by atoms with Gasteiger partial charge in [-0.1, -0.05) is 63.1 Å². The van der Waals surface area contributed by atoms with Crippen molar-refractivity contribution in [2.24, 2.45) is 0 Å². The molecule has 0 fully saturated rings. The zero-order valence-electron chi connectivity index (χ0n) is 15.3. The number of rotatable bonds is 4. The van der Waals surface area contributed by atoms with Crippen LogP contribution >= 0.6 is 0 Å². The smallest absolute Gasteiger partial charge is 0.330 e. The molecule has 0 aliphatic heterocycles. The van der Waals surface area contributed by atoms with E-state index >= 15 is 0 Å². The summed E-state index contributed by atoms with van der Waals surface area (Å²) in [5.41, 5.74) is 4.77. The number of allylic oxidation sites excluding steroid dienone is 1. The Hall–Kier alpha value is -3.43. The minimum Gasteiger partial charge on any atom is -0.545 e. The van der Waals surface area contributed by atoms with E-state index in [4.69, 9.17) is 10.4 Å². The maximum absolute atomic E-state index is 9.72. The molecule has 0 aliphatic carbocycles. The Morgan fingerprint density at radius 1 is 1.31 bits per heavy atom. The number of hydrogen-bond donors (Lipinski definition) is 2. The molecule has 140 valence electrons. The van der Waals surface area contributed by atoms with Crippen LogP contribution in [-0.2, 0) is 9.59 Å². The highest BCUT2D eigenvalue weighted by Gasteiger charge is 1.90. The van der Waals surface area contributed by atoms with Crippen LogP contribution in [0.4, 0.5) is 0 Å². The van der Waals surface area contributed by atoms with Crippen LogP contribution in [0.5, 0.6) is 0 Å². The molecule has 0 amide bonds. The highest BCUT2D eigenvalue weighted by atomic mass is 16.4. The molecule has 0 unspecified atom stereocenters. The summed E-state index contributed by atoms with van der Waals surface area (Å²) in [5.74, 6) is -2.09. The second-order valence-corrected chi connectivity index (χ2v) is 4.48. The Bertz CT molecular complexity index is 630. The van der Waals surface area contributed by atoms with Crippen LogP contribution in [0.1, 0.15) is 25.8 Å². The van der Waals surface area contributed by atoms with Gasteiger partial charge < -0.3 is 20.7 Å². The molecule has 1 aromatic carbocycles. The van der Waals surface area contributed by atoms with Crippen LogP contribution in [0.3, 0.4) is 0 Å². The van der Waals surface area contributed by atoms with Crippen LogP contribution in [-0.4, -0.2) is 17.0 Å². The minimum atomic E-state index is -1.15. The largest absolute Gasteiger partial charge is 0.545 e. The second kappa shape index (κ2) is 19.6. The SMILES string of the molecule is C=C(C)C(=O)O.C=C(CC)C(=O)[O-].C=Cc1ccccc1.N#C/C=C/[NH3+]. The van der Waals surface area contributed by atoms with Gasteiger partial charge in [-0.05, 0) is 24.5 Å². The lowest BCUT2D eigenvalue weighted by Gasteiger charge is -1.98. The lowest BCUT2D eigenvalue weighted by atomic mass is 10.2. The fourth-order valence-electron chi connectivity index (χ4n) is 0.786. The molecule has 0 saturated heterocycles. The summed E-state index contributed by atoms with van der Waals surface area (Å²) in [4.78, 5) is 19.3. The van der Waals surface area contributed by atoms with Gasteiger partial charge in [0.2, 0.25) is 0 Å². The fourth-order valence-corrected chi connectivity index (χ4v) is 0.786. The maximum Gasteiger partial charge on any atom is 0.330 e. The van der Waals surface area contributed by atoms with Gasteiger partial charge in [-0.2, -0.15) is 5.26 Å². The third-order valence-corrected chi connectivity index (χ3v) is 2.31. The highest BCUT2D eigenvalue weighted by molar-refractivity contribution is 5.84. The molecule has 1 rings (SSSR count). The zero-order chi connectivity index (χ0) is 21.0. The third kappa shape index (κ3) is 22.8. The zero-order valence-corrected chi connectivity index (χ0v) is 15.3. The van der Waals surface area contributed by atoms with Crippen molar-refractivity contribution < 1.29 is 25.5 Å². The molecule has 0 atom stereocenters. The lowest BCUT2D eigenvalue weighted by Crippen LogP contribution is -2.38. The van der Waals surface area contributed by atoms with Crippen molar-refractivity contribution in [1.82, 2.24) is 0 Å². The van der Waals surface area contributed by atoms with Crippen LogP contribution < -0.4 is 10.8 Å². The van der Waals surface area contributed by atoms with E-state index in [1.807, 2.05) is 36.4 Å². The Balaban J connectivity index is -0.000000276. The van der Waals surface area contributed by atoms with E-state index < -0.39 is 11.9 Å². The van der Waals surface area contributed by atoms with Gasteiger partial charge in [0.15, 0.2) is 0 Å². The maximum atomic E-state index is 9.72. The summed E-state index contributed by atoms with van der Waals surface area (Å²) < 4.78 is 0. The summed E-state index contributed by atoms with van der Waals surface area (Å²) >= 11 is 0. The first-order valence-electron chi connectivity index (χ1n) is 7.47. The molecule has 0 heterocycles. The number of nitriles is 1. The number of quaternary nitrogens is 1. The molecular weight excluding hydrogens is 332 g/mol. The molecule has 0 bridgehead atoms. The Labute approximate surface area is 154 Å². The average molecular weight is 358 g/mol. The Kier molecular flexibility index (Phi) is 20.7. The molecule has 26 heavy (non-hydrogen) atoms. The molecule has 0 aromatic heterocycles. The molecule has 1 aromatic rings. The van der Waals surface area contributed by atoms with Gasteiger partial charge in [-0.3, -0.25) is 0 Å². The predicted molar refractivity (Wildman–Crippen MR) is 101 cm³/mol. The van der Waals surface area contributed by atoms with Gasteiger partial charge >= 0.3 is 5.97 Å². The summed E-state index contributed by atoms with van der Waals surface area (Å²) in [5, 5.41) is 25.3. The normalized spacial score (nSPS) is 8.08. The number of carbonyl (C=O) groups excluding carboxylic acids is 1. The van der Waals surface area contributed by atoms with Crippen LogP contribution in [0.25, 0.3) is 6.08 Å². The average Bonchev–Trinajstić information content (AvgIpc) is 2.63. The molecule has 0 radical (unpaired) electrons. The van der Waals surface area contributed by atoms with Crippen LogP contribution in [0.2, 0.25) is 0 Å². The molecular formula is C20H26N2O4. The Morgan fingerprint density at radius 2 is 1.77 bits per heavy atom. The summed E-state index contributed by atoms with van der Waals surface area (Å²) in [6.07, 6.45) is 5.06. The summed E-state index contributed by atoms with van der Waals surface area (Å²) in [6, 6.07) is 11.8. The lowest BCUT2D eigenvalue weighted by molar-refractivity contribution is -0.299. The van der Waals surface area contributed by atoms with E-state index in [2.05, 4.69) is 25.5 Å². The third-order valence-electron chi connectivity index (χ3n) is 2.31. The minimum absolute atomic E-state index is 0.153. The van der Waals surface area contributed by atoms with Crippen molar-refractivity contribution in [3.05, 3.63) is 79.1 Å². The van der Waals surface area contributed by atoms with Gasteiger partial charge in [0, 0.05) is 5.57 Å². The van der Waals surface area contributed by atoms with E-state index in [9.17, 15) is 14.7 Å². The monoisotopic (exact) mass is 358 g/mol. The van der Waals surface area contributed by atoms with Crippen molar-refractivity contribution in [1.29, 1.82) is 5.26 Å². The van der Waals surface area contributed by atoms with Gasteiger partial charge in [0.05, 0.1) is 18.1 Å². The first-order valence-corrected chi connectivity index (χ1v) is 7.47. The topological polar surface area (TPSA) is 129 Å². The van der Waals surface area contributed by atoms with Crippen molar-refractivity contribution in [2.75, 3.05) is 0 Å². The molecule has 0 aliphatic rings. The van der Waals surface area contributed by atoms with Gasteiger partial charge in [-0.15, -0.1) is 0 Å². The van der Waals surface area contributed by atoms with Crippen molar-refractivity contribution >= 4 is 18.0 Å². The number of benzene rings is 1.